The lowest BCUT2D eigenvalue weighted by molar-refractivity contribution is 1.12. The third kappa shape index (κ3) is 3.33. The molecule has 0 saturated heterocycles. The number of nitrogens with zero attached hydrogens (tertiary/aromatic N) is 2. The van der Waals surface area contributed by atoms with Crippen LogP contribution in [0.4, 0.5) is 5.69 Å². The van der Waals surface area contributed by atoms with Crippen LogP contribution in [0.1, 0.15) is 5.69 Å². The second kappa shape index (κ2) is 5.86. The maximum absolute atomic E-state index is 6.01. The minimum atomic E-state index is 0.658. The molecule has 0 amide bonds. The number of nitrogen functional groups attached to an aromatic ring is 1. The van der Waals surface area contributed by atoms with Crippen LogP contribution in [0.15, 0.2) is 41.7 Å². The average molecular weight is 267 g/mol. The third-order valence-electron chi connectivity index (χ3n) is 2.06. The van der Waals surface area contributed by atoms with E-state index in [1.54, 1.807) is 24.2 Å². The summed E-state index contributed by atoms with van der Waals surface area (Å²) in [7, 11) is 0. The number of hydrogen-bond acceptors (Lipinski definition) is 5. The molecule has 2 aromatic heterocycles. The molecule has 0 radical (unpaired) electrons. The van der Waals surface area contributed by atoms with Crippen molar-refractivity contribution in [3.8, 4) is 0 Å². The van der Waals surface area contributed by atoms with Crippen molar-refractivity contribution >= 4 is 29.1 Å². The average Bonchev–Trinajstić information content (AvgIpc) is 2.38. The number of pyridine rings is 2. The first kappa shape index (κ1) is 12.2. The standard InChI is InChI=1S/C11H11ClN4S/c12-10-2-1-4-15-11(10)17-7-9-6-8(16-13)3-5-14-9/h1-6H,7,13H2,(H,14,16). The van der Waals surface area contributed by atoms with Crippen molar-refractivity contribution in [3.05, 3.63) is 47.4 Å². The molecular weight excluding hydrogens is 256 g/mol. The summed E-state index contributed by atoms with van der Waals surface area (Å²) in [5.74, 6) is 6.03. The first-order valence-corrected chi connectivity index (χ1v) is 6.31. The Morgan fingerprint density at radius 3 is 2.94 bits per heavy atom. The van der Waals surface area contributed by atoms with Gasteiger partial charge < -0.3 is 5.43 Å². The molecule has 17 heavy (non-hydrogen) atoms. The van der Waals surface area contributed by atoms with Crippen LogP contribution >= 0.6 is 23.4 Å². The number of hydrazine groups is 1. The van der Waals surface area contributed by atoms with E-state index in [0.717, 1.165) is 16.4 Å². The molecule has 2 heterocycles. The van der Waals surface area contributed by atoms with Gasteiger partial charge in [-0.05, 0) is 24.3 Å². The van der Waals surface area contributed by atoms with E-state index in [1.807, 2.05) is 24.3 Å². The van der Waals surface area contributed by atoms with Gasteiger partial charge in [-0.25, -0.2) is 4.98 Å². The summed E-state index contributed by atoms with van der Waals surface area (Å²) in [6, 6.07) is 7.33. The van der Waals surface area contributed by atoms with E-state index >= 15 is 0 Å². The zero-order chi connectivity index (χ0) is 12.1. The number of nitrogens with one attached hydrogen (secondary N) is 1. The summed E-state index contributed by atoms with van der Waals surface area (Å²) in [6.45, 7) is 0. The molecular formula is C11H11ClN4S. The van der Waals surface area contributed by atoms with Crippen LogP contribution in [0.25, 0.3) is 0 Å². The van der Waals surface area contributed by atoms with E-state index in [0.29, 0.717) is 10.8 Å². The van der Waals surface area contributed by atoms with Crippen molar-refractivity contribution in [2.24, 2.45) is 5.84 Å². The van der Waals surface area contributed by atoms with Gasteiger partial charge >= 0.3 is 0 Å². The molecule has 0 aliphatic rings. The van der Waals surface area contributed by atoms with Crippen molar-refractivity contribution < 1.29 is 0 Å². The number of aromatic nitrogens is 2. The molecule has 0 spiro atoms. The van der Waals surface area contributed by atoms with E-state index in [4.69, 9.17) is 17.4 Å². The van der Waals surface area contributed by atoms with Crippen molar-refractivity contribution in [1.29, 1.82) is 0 Å². The number of halogens is 1. The van der Waals surface area contributed by atoms with E-state index in [9.17, 15) is 0 Å². The van der Waals surface area contributed by atoms with Gasteiger partial charge in [0.15, 0.2) is 0 Å². The SMILES string of the molecule is NNc1ccnc(CSc2ncccc2Cl)c1. The van der Waals surface area contributed by atoms with E-state index in [-0.39, 0.29) is 0 Å². The highest BCUT2D eigenvalue weighted by molar-refractivity contribution is 7.98. The number of thioether (sulfide) groups is 1. The maximum atomic E-state index is 6.01. The molecule has 3 N–H and O–H groups in total. The Hall–Kier alpha value is -1.30. The van der Waals surface area contributed by atoms with Gasteiger partial charge in [0.2, 0.25) is 0 Å². The van der Waals surface area contributed by atoms with E-state index in [1.165, 1.54) is 0 Å². The Bertz CT molecular complexity index is 506. The van der Waals surface area contributed by atoms with E-state index in [2.05, 4.69) is 15.4 Å². The molecule has 6 heteroatoms. The second-order valence-electron chi connectivity index (χ2n) is 3.26. The van der Waals surface area contributed by atoms with Crippen LogP contribution in [0.2, 0.25) is 5.02 Å². The molecule has 2 aromatic rings. The van der Waals surface area contributed by atoms with E-state index < -0.39 is 0 Å². The summed E-state index contributed by atoms with van der Waals surface area (Å²) >= 11 is 7.56. The third-order valence-corrected chi connectivity index (χ3v) is 3.52. The number of rotatable bonds is 4. The lowest BCUT2D eigenvalue weighted by atomic mass is 10.3. The van der Waals surface area contributed by atoms with Crippen LogP contribution in [0.5, 0.6) is 0 Å². The highest BCUT2D eigenvalue weighted by atomic mass is 35.5. The largest absolute Gasteiger partial charge is 0.324 e. The van der Waals surface area contributed by atoms with Crippen LogP contribution in [0.3, 0.4) is 0 Å². The lowest BCUT2D eigenvalue weighted by Crippen LogP contribution is -2.07. The monoisotopic (exact) mass is 266 g/mol. The number of nitrogens with two attached hydrogens (primary N) is 1. The first-order valence-electron chi connectivity index (χ1n) is 4.94. The predicted octanol–water partition coefficient (Wildman–Crippen LogP) is 2.71. The quantitative estimate of drug-likeness (QED) is 0.506. The highest BCUT2D eigenvalue weighted by Crippen LogP contribution is 2.27. The van der Waals surface area contributed by atoms with Gasteiger partial charge in [-0.1, -0.05) is 23.4 Å². The van der Waals surface area contributed by atoms with Crippen LogP contribution in [-0.4, -0.2) is 9.97 Å². The fourth-order valence-electron chi connectivity index (χ4n) is 1.27. The summed E-state index contributed by atoms with van der Waals surface area (Å²) < 4.78 is 0. The summed E-state index contributed by atoms with van der Waals surface area (Å²) in [5.41, 5.74) is 4.35. The van der Waals surface area contributed by atoms with Crippen molar-refractivity contribution in [2.75, 3.05) is 5.43 Å². The molecule has 0 atom stereocenters. The first-order chi connectivity index (χ1) is 8.29. The Morgan fingerprint density at radius 1 is 1.29 bits per heavy atom. The lowest BCUT2D eigenvalue weighted by Gasteiger charge is -2.04. The highest BCUT2D eigenvalue weighted by Gasteiger charge is 2.03. The Balaban J connectivity index is 2.05. The molecule has 0 fully saturated rings. The molecule has 2 rings (SSSR count). The van der Waals surface area contributed by atoms with Crippen LogP contribution in [0, 0.1) is 0 Å². The van der Waals surface area contributed by atoms with Gasteiger partial charge in [0.1, 0.15) is 5.03 Å². The summed E-state index contributed by atoms with van der Waals surface area (Å²) in [5, 5.41) is 1.47. The fraction of sp³-hybridized carbons (Fsp3) is 0.0909. The predicted molar refractivity (Wildman–Crippen MR) is 70.9 cm³/mol. The normalized spacial score (nSPS) is 10.2. The van der Waals surface area contributed by atoms with Gasteiger partial charge in [-0.2, -0.15) is 0 Å². The minimum Gasteiger partial charge on any atom is -0.324 e. The molecule has 88 valence electrons. The Labute approximate surface area is 109 Å². The summed E-state index contributed by atoms with van der Waals surface area (Å²) in [4.78, 5) is 8.44. The minimum absolute atomic E-state index is 0.658. The zero-order valence-electron chi connectivity index (χ0n) is 8.93. The molecule has 0 aliphatic heterocycles. The van der Waals surface area contributed by atoms with Gasteiger partial charge in [0.05, 0.1) is 16.4 Å². The van der Waals surface area contributed by atoms with Crippen molar-refractivity contribution in [1.82, 2.24) is 9.97 Å². The second-order valence-corrected chi connectivity index (χ2v) is 4.63. The van der Waals surface area contributed by atoms with Crippen molar-refractivity contribution in [2.45, 2.75) is 10.8 Å². The van der Waals surface area contributed by atoms with Gasteiger partial charge in [0.25, 0.3) is 0 Å². The Morgan fingerprint density at radius 2 is 2.18 bits per heavy atom. The molecule has 4 nitrogen and oxygen atoms in total. The fourth-order valence-corrected chi connectivity index (χ4v) is 2.34. The molecule has 0 bridgehead atoms. The van der Waals surface area contributed by atoms with Crippen LogP contribution < -0.4 is 11.3 Å². The zero-order valence-corrected chi connectivity index (χ0v) is 10.5. The maximum Gasteiger partial charge on any atom is 0.115 e. The van der Waals surface area contributed by atoms with Gasteiger partial charge in [-0.15, -0.1) is 0 Å². The smallest absolute Gasteiger partial charge is 0.115 e. The Kier molecular flexibility index (Phi) is 4.19. The van der Waals surface area contributed by atoms with Gasteiger partial charge in [-0.3, -0.25) is 10.8 Å². The number of anilines is 1. The van der Waals surface area contributed by atoms with Crippen molar-refractivity contribution in [3.63, 3.8) is 0 Å². The molecule has 0 unspecified atom stereocenters. The topological polar surface area (TPSA) is 63.8 Å². The van der Waals surface area contributed by atoms with Gasteiger partial charge in [0, 0.05) is 18.1 Å². The summed E-state index contributed by atoms with van der Waals surface area (Å²) in [6.07, 6.45) is 3.44. The molecule has 0 aliphatic carbocycles. The number of hydrogen-bond donors (Lipinski definition) is 2. The molecule has 0 saturated carbocycles. The molecule has 0 aromatic carbocycles. The van der Waals surface area contributed by atoms with Crippen LogP contribution in [-0.2, 0) is 5.75 Å².